The molecule has 0 bridgehead atoms. The zero-order valence-electron chi connectivity index (χ0n) is 11.9. The van der Waals surface area contributed by atoms with Crippen LogP contribution in [-0.2, 0) is 19.5 Å². The van der Waals surface area contributed by atoms with E-state index in [1.54, 1.807) is 6.33 Å². The van der Waals surface area contributed by atoms with E-state index in [9.17, 15) is 4.79 Å². The first-order chi connectivity index (χ1) is 10.2. The van der Waals surface area contributed by atoms with E-state index in [4.69, 9.17) is 0 Å². The third-order valence-electron chi connectivity index (χ3n) is 3.70. The molecule has 0 aliphatic carbocycles. The number of rotatable bonds is 4. The molecule has 0 radical (unpaired) electrons. The Kier molecular flexibility index (Phi) is 4.23. The molecule has 110 valence electrons. The maximum atomic E-state index is 12.6. The summed E-state index contributed by atoms with van der Waals surface area (Å²) in [5.74, 6) is 0.958. The molecular weight excluding hydrogens is 379 g/mol. The van der Waals surface area contributed by atoms with Crippen molar-refractivity contribution < 1.29 is 4.79 Å². The van der Waals surface area contributed by atoms with E-state index in [0.29, 0.717) is 6.54 Å². The van der Waals surface area contributed by atoms with E-state index in [1.165, 1.54) is 0 Å². The molecule has 0 saturated carbocycles. The Morgan fingerprint density at radius 3 is 3.05 bits per heavy atom. The van der Waals surface area contributed by atoms with Gasteiger partial charge >= 0.3 is 0 Å². The number of amides is 1. The van der Waals surface area contributed by atoms with E-state index in [2.05, 4.69) is 51.7 Å². The average Bonchev–Trinajstić information content (AvgIpc) is 2.90. The zero-order chi connectivity index (χ0) is 14.8. The van der Waals surface area contributed by atoms with E-state index in [-0.39, 0.29) is 5.91 Å². The SMILES string of the molecule is CCCn1ncnc1CN1CCc2ccc(I)cc2C1=O. The third-order valence-corrected chi connectivity index (χ3v) is 4.38. The molecule has 5 nitrogen and oxygen atoms in total. The summed E-state index contributed by atoms with van der Waals surface area (Å²) < 4.78 is 2.98. The highest BCUT2D eigenvalue weighted by Crippen LogP contribution is 2.22. The summed E-state index contributed by atoms with van der Waals surface area (Å²) in [7, 11) is 0. The first-order valence-corrected chi connectivity index (χ1v) is 8.21. The van der Waals surface area contributed by atoms with Crippen molar-refractivity contribution in [2.45, 2.75) is 32.9 Å². The van der Waals surface area contributed by atoms with Crippen LogP contribution in [0.25, 0.3) is 0 Å². The standard InChI is InChI=1S/C15H17IN4O/c1-2-6-20-14(17-10-18-20)9-19-7-5-11-3-4-12(16)8-13(11)15(19)21/h3-4,8,10H,2,5-7,9H2,1H3. The molecule has 2 aromatic rings. The highest BCUT2D eigenvalue weighted by molar-refractivity contribution is 14.1. The van der Waals surface area contributed by atoms with Gasteiger partial charge in [0.15, 0.2) is 0 Å². The molecule has 0 unspecified atom stereocenters. The maximum absolute atomic E-state index is 12.6. The molecule has 0 atom stereocenters. The Labute approximate surface area is 137 Å². The molecule has 21 heavy (non-hydrogen) atoms. The number of nitrogens with zero attached hydrogens (tertiary/aromatic N) is 4. The number of aryl methyl sites for hydroxylation is 1. The van der Waals surface area contributed by atoms with Crippen LogP contribution in [0.2, 0.25) is 0 Å². The predicted octanol–water partition coefficient (Wildman–Crippen LogP) is 2.49. The van der Waals surface area contributed by atoms with Gasteiger partial charge in [-0.05, 0) is 53.1 Å². The summed E-state index contributed by atoms with van der Waals surface area (Å²) in [6.07, 6.45) is 3.47. The van der Waals surface area contributed by atoms with E-state index >= 15 is 0 Å². The smallest absolute Gasteiger partial charge is 0.254 e. The molecule has 1 aliphatic rings. The van der Waals surface area contributed by atoms with E-state index in [0.717, 1.165) is 46.5 Å². The molecular formula is C15H17IN4O. The lowest BCUT2D eigenvalue weighted by molar-refractivity contribution is 0.0720. The van der Waals surface area contributed by atoms with Crippen molar-refractivity contribution in [2.75, 3.05) is 6.54 Å². The third kappa shape index (κ3) is 2.95. The molecule has 1 amide bonds. The van der Waals surface area contributed by atoms with Crippen molar-refractivity contribution in [3.8, 4) is 0 Å². The van der Waals surface area contributed by atoms with E-state index < -0.39 is 0 Å². The van der Waals surface area contributed by atoms with Crippen LogP contribution < -0.4 is 0 Å². The molecule has 1 aromatic heterocycles. The lowest BCUT2D eigenvalue weighted by Crippen LogP contribution is -2.37. The minimum atomic E-state index is 0.0980. The van der Waals surface area contributed by atoms with Crippen LogP contribution in [-0.4, -0.2) is 32.1 Å². The second-order valence-corrected chi connectivity index (χ2v) is 6.42. The Balaban J connectivity index is 1.81. The first kappa shape index (κ1) is 14.5. The van der Waals surface area contributed by atoms with Crippen molar-refractivity contribution in [1.29, 1.82) is 0 Å². The van der Waals surface area contributed by atoms with Gasteiger partial charge in [0, 0.05) is 22.2 Å². The van der Waals surface area contributed by atoms with Crippen LogP contribution in [0.4, 0.5) is 0 Å². The van der Waals surface area contributed by atoms with Crippen LogP contribution in [0.3, 0.4) is 0 Å². The topological polar surface area (TPSA) is 51.0 Å². The number of benzene rings is 1. The Bertz CT molecular complexity index is 667. The molecule has 1 aliphatic heterocycles. The van der Waals surface area contributed by atoms with Crippen molar-refractivity contribution in [2.24, 2.45) is 0 Å². The minimum absolute atomic E-state index is 0.0980. The number of fused-ring (bicyclic) bond motifs is 1. The highest BCUT2D eigenvalue weighted by Gasteiger charge is 2.25. The highest BCUT2D eigenvalue weighted by atomic mass is 127. The molecule has 2 heterocycles. The van der Waals surface area contributed by atoms with Gasteiger partial charge in [-0.25, -0.2) is 9.67 Å². The Morgan fingerprint density at radius 1 is 1.38 bits per heavy atom. The summed E-state index contributed by atoms with van der Waals surface area (Å²) in [5, 5.41) is 4.22. The van der Waals surface area contributed by atoms with Gasteiger partial charge < -0.3 is 4.90 Å². The van der Waals surface area contributed by atoms with Crippen LogP contribution >= 0.6 is 22.6 Å². The summed E-state index contributed by atoms with van der Waals surface area (Å²) >= 11 is 2.24. The second kappa shape index (κ2) is 6.13. The number of carbonyl (C=O) groups is 1. The number of carbonyl (C=O) groups excluding carboxylic acids is 1. The van der Waals surface area contributed by atoms with Crippen LogP contribution in [0.1, 0.15) is 35.1 Å². The fourth-order valence-corrected chi connectivity index (χ4v) is 3.11. The minimum Gasteiger partial charge on any atom is -0.331 e. The van der Waals surface area contributed by atoms with Gasteiger partial charge in [-0.2, -0.15) is 5.10 Å². The number of hydrogen-bond donors (Lipinski definition) is 0. The summed E-state index contributed by atoms with van der Waals surface area (Å²) in [5.41, 5.74) is 1.97. The summed E-state index contributed by atoms with van der Waals surface area (Å²) in [4.78, 5) is 18.8. The fourth-order valence-electron chi connectivity index (χ4n) is 2.62. The summed E-state index contributed by atoms with van der Waals surface area (Å²) in [6, 6.07) is 6.09. The summed E-state index contributed by atoms with van der Waals surface area (Å²) in [6.45, 7) is 4.22. The first-order valence-electron chi connectivity index (χ1n) is 7.13. The van der Waals surface area contributed by atoms with Gasteiger partial charge in [-0.3, -0.25) is 4.79 Å². The van der Waals surface area contributed by atoms with Gasteiger partial charge in [0.2, 0.25) is 0 Å². The monoisotopic (exact) mass is 396 g/mol. The Morgan fingerprint density at radius 2 is 2.24 bits per heavy atom. The lowest BCUT2D eigenvalue weighted by atomic mass is 9.99. The number of hydrogen-bond acceptors (Lipinski definition) is 3. The van der Waals surface area contributed by atoms with Gasteiger partial charge in [0.25, 0.3) is 5.91 Å². The molecule has 0 N–H and O–H groups in total. The van der Waals surface area contributed by atoms with Crippen molar-refractivity contribution >= 4 is 28.5 Å². The second-order valence-electron chi connectivity index (χ2n) is 5.18. The molecule has 0 spiro atoms. The average molecular weight is 396 g/mol. The molecule has 1 aromatic carbocycles. The van der Waals surface area contributed by atoms with E-state index in [1.807, 2.05) is 15.6 Å². The number of aromatic nitrogens is 3. The molecule has 0 saturated heterocycles. The number of halogens is 1. The van der Waals surface area contributed by atoms with Gasteiger partial charge in [-0.1, -0.05) is 13.0 Å². The van der Waals surface area contributed by atoms with Crippen molar-refractivity contribution in [3.63, 3.8) is 0 Å². The Hall–Kier alpha value is -1.44. The molecule has 6 heteroatoms. The predicted molar refractivity (Wildman–Crippen MR) is 87.9 cm³/mol. The van der Waals surface area contributed by atoms with Crippen molar-refractivity contribution in [3.05, 3.63) is 45.0 Å². The maximum Gasteiger partial charge on any atom is 0.254 e. The van der Waals surface area contributed by atoms with Crippen LogP contribution in [0.15, 0.2) is 24.5 Å². The molecule has 0 fully saturated rings. The van der Waals surface area contributed by atoms with Gasteiger partial charge in [0.1, 0.15) is 12.2 Å². The molecule has 3 rings (SSSR count). The quantitative estimate of drug-likeness (QED) is 0.747. The van der Waals surface area contributed by atoms with Crippen LogP contribution in [0, 0.1) is 3.57 Å². The van der Waals surface area contributed by atoms with Crippen molar-refractivity contribution in [1.82, 2.24) is 19.7 Å². The largest absolute Gasteiger partial charge is 0.331 e. The zero-order valence-corrected chi connectivity index (χ0v) is 14.1. The normalized spacial score (nSPS) is 14.4. The van der Waals surface area contributed by atoms with Crippen LogP contribution in [0.5, 0.6) is 0 Å². The van der Waals surface area contributed by atoms with Gasteiger partial charge in [0.05, 0.1) is 6.54 Å². The lowest BCUT2D eigenvalue weighted by Gasteiger charge is -2.28. The van der Waals surface area contributed by atoms with Gasteiger partial charge in [-0.15, -0.1) is 0 Å². The fraction of sp³-hybridized carbons (Fsp3) is 0.400.